The van der Waals surface area contributed by atoms with Gasteiger partial charge in [0.15, 0.2) is 0 Å². The summed E-state index contributed by atoms with van der Waals surface area (Å²) in [4.78, 5) is 2.74. The molecule has 0 aliphatic carbocycles. The van der Waals surface area contributed by atoms with Crippen LogP contribution in [0.4, 0.5) is 0 Å². The van der Waals surface area contributed by atoms with Gasteiger partial charge in [0, 0.05) is 0 Å². The summed E-state index contributed by atoms with van der Waals surface area (Å²) < 4.78 is 0. The van der Waals surface area contributed by atoms with Crippen LogP contribution in [0.2, 0.25) is 0 Å². The summed E-state index contributed by atoms with van der Waals surface area (Å²) >= 11 is 0. The summed E-state index contributed by atoms with van der Waals surface area (Å²) in [5, 5.41) is 0. The van der Waals surface area contributed by atoms with E-state index >= 15 is 0 Å². The molecular weight excluding hydrogens is 295 g/mol. The van der Waals surface area contributed by atoms with Crippen LogP contribution in [0.3, 0.4) is 0 Å². The average molecular weight is 320 g/mol. The monoisotopic (exact) mass is 321 g/mol. The Balaban J connectivity index is -0.0000000447. The molecule has 0 atom stereocenters. The van der Waals surface area contributed by atoms with Crippen LogP contribution in [-0.2, 0) is 19.5 Å². The maximum Gasteiger partial charge on any atom is 6.00 e. The molecule has 0 spiro atoms. The molecule has 0 bridgehead atoms. The molecule has 2 aromatic rings. The molecule has 0 radical (unpaired) electrons. The molecule has 0 saturated heterocycles. The number of hydrogen-bond donors (Lipinski definition) is 1. The van der Waals surface area contributed by atoms with Crippen LogP contribution in [0.25, 0.3) is 0 Å². The Labute approximate surface area is 122 Å². The van der Waals surface area contributed by atoms with Crippen LogP contribution in [0.5, 0.6) is 0 Å². The Hall–Kier alpha value is -0.747. The van der Waals surface area contributed by atoms with E-state index in [0.717, 1.165) is 0 Å². The Bertz CT molecular complexity index is 263. The number of aryl methyl sites for hydroxylation is 2. The zero-order valence-corrected chi connectivity index (χ0v) is 13.6. The summed E-state index contributed by atoms with van der Waals surface area (Å²) in [6, 6.07) is 10.1. The van der Waals surface area contributed by atoms with Gasteiger partial charge in [0.2, 0.25) is 0 Å². The van der Waals surface area contributed by atoms with Gasteiger partial charge in [0.25, 0.3) is 0 Å². The second kappa shape index (κ2) is 17.6. The van der Waals surface area contributed by atoms with Gasteiger partial charge in [-0.25, -0.2) is 11.6 Å². The number of rotatable bonds is 0. The fourth-order valence-electron chi connectivity index (χ4n) is 0.959. The second-order valence-corrected chi connectivity index (χ2v) is 2.78. The van der Waals surface area contributed by atoms with E-state index < -0.39 is 0 Å². The van der Waals surface area contributed by atoms with Crippen LogP contribution >= 0.6 is 0 Å². The number of nitrogens with one attached hydrogen (secondary N) is 1. The fourth-order valence-corrected chi connectivity index (χ4v) is 0.959. The molecule has 17 heavy (non-hydrogen) atoms. The largest absolute Gasteiger partial charge is 6.00 e. The minimum Gasteiger partial charge on any atom is -0.484 e. The number of aromatic nitrogens is 1. The van der Waals surface area contributed by atoms with Crippen LogP contribution in [-0.4, -0.2) is 4.98 Å². The molecule has 0 aliphatic rings. The summed E-state index contributed by atoms with van der Waals surface area (Å²) in [5.41, 5.74) is 2.72. The van der Waals surface area contributed by atoms with Gasteiger partial charge in [-0.05, 0) is 0 Å². The number of hydrogen-bond acceptors (Lipinski definition) is 0. The van der Waals surface area contributed by atoms with Crippen molar-refractivity contribution >= 4 is 0 Å². The third-order valence-electron chi connectivity index (χ3n) is 1.51. The third-order valence-corrected chi connectivity index (χ3v) is 1.51. The summed E-state index contributed by atoms with van der Waals surface area (Å²) in [7, 11) is 0. The van der Waals surface area contributed by atoms with Gasteiger partial charge >= 0.3 is 19.5 Å². The van der Waals surface area contributed by atoms with Crippen molar-refractivity contribution in [3.05, 3.63) is 83.6 Å². The van der Waals surface area contributed by atoms with Crippen LogP contribution < -0.4 is 0 Å². The first-order valence-corrected chi connectivity index (χ1v) is 3.98. The van der Waals surface area contributed by atoms with Gasteiger partial charge in [-0.2, -0.15) is 36.0 Å². The van der Waals surface area contributed by atoms with Crippen molar-refractivity contribution < 1.29 is 19.5 Å². The first kappa shape index (κ1) is 29.9. The van der Waals surface area contributed by atoms with E-state index in [1.54, 1.807) is 0 Å². The third kappa shape index (κ3) is 15.3. The van der Waals surface area contributed by atoms with Crippen molar-refractivity contribution in [1.29, 1.82) is 0 Å². The van der Waals surface area contributed by atoms with Crippen molar-refractivity contribution in [2.45, 2.75) is 13.8 Å². The van der Waals surface area contributed by atoms with E-state index in [1.165, 1.54) is 11.1 Å². The Morgan fingerprint density at radius 1 is 1.18 bits per heavy atom. The molecule has 0 saturated carbocycles. The predicted octanol–water partition coefficient (Wildman–Crippen LogP) is 4.64. The van der Waals surface area contributed by atoms with Gasteiger partial charge in [-0.3, -0.25) is 0 Å². The maximum atomic E-state index is 2.74. The van der Waals surface area contributed by atoms with E-state index in [-0.39, 0.29) is 49.2 Å². The zero-order chi connectivity index (χ0) is 8.81. The first-order chi connectivity index (χ1) is 5.79. The fraction of sp³-hybridized carbons (Fsp3) is 0.133. The van der Waals surface area contributed by atoms with Gasteiger partial charge in [0.05, 0.1) is 0 Å². The molecule has 1 heterocycles. The maximum absolute atomic E-state index is 2.74. The molecule has 2 heteroatoms. The molecule has 1 aromatic heterocycles. The average Bonchev–Trinajstić information content (AvgIpc) is 2.63. The Morgan fingerprint density at radius 2 is 1.76 bits per heavy atom. The van der Waals surface area contributed by atoms with Crippen molar-refractivity contribution in [3.63, 3.8) is 0 Å². The van der Waals surface area contributed by atoms with Gasteiger partial charge in [-0.15, -0.1) is 6.20 Å². The van der Waals surface area contributed by atoms with E-state index in [9.17, 15) is 0 Å². The van der Waals surface area contributed by atoms with E-state index in [0.29, 0.717) is 0 Å². The molecule has 1 aromatic carbocycles. The van der Waals surface area contributed by atoms with Crippen molar-refractivity contribution in [2.24, 2.45) is 0 Å². The van der Waals surface area contributed by atoms with E-state index in [1.807, 2.05) is 18.3 Å². The molecule has 1 nitrogen and oxygen atoms in total. The molecular formula is C15H25NRu. The number of aromatic amines is 1. The molecule has 0 amide bonds. The standard InChI is InChI=1S/C7H9.C4H4N.4CH3.Ru/c1-6-3-4-7(2)5-6;1-2-4-5-3-1;;;;;/h3-5H,1-2H3;1-3,5H;4*1H3;/q6*-1;+6. The summed E-state index contributed by atoms with van der Waals surface area (Å²) in [6.07, 6.45) is 4.56. The van der Waals surface area contributed by atoms with Gasteiger partial charge in [0.1, 0.15) is 0 Å². The molecule has 2 rings (SSSR count). The SMILES string of the molecule is Cc1cc[c-](C)c1.[CH3-].[CH3-].[CH3-].[CH3-].[Ru+6].[c-]1ccc[nH]1. The van der Waals surface area contributed by atoms with E-state index in [2.05, 4.69) is 43.2 Å². The zero-order valence-electron chi connectivity index (χ0n) is 11.8. The normalized spacial score (nSPS) is 6.24. The van der Waals surface area contributed by atoms with Gasteiger partial charge in [-0.1, -0.05) is 13.8 Å². The molecule has 0 aliphatic heterocycles. The quantitative estimate of drug-likeness (QED) is 0.538. The molecule has 98 valence electrons. The minimum atomic E-state index is 0. The summed E-state index contributed by atoms with van der Waals surface area (Å²) in [6.45, 7) is 4.21. The molecule has 1 N–H and O–H groups in total. The smallest absolute Gasteiger partial charge is 0.484 e. The minimum absolute atomic E-state index is 0. The molecule has 0 unspecified atom stereocenters. The summed E-state index contributed by atoms with van der Waals surface area (Å²) in [5.74, 6) is 0. The van der Waals surface area contributed by atoms with Crippen LogP contribution in [0.1, 0.15) is 11.1 Å². The van der Waals surface area contributed by atoms with Crippen LogP contribution in [0.15, 0.2) is 36.5 Å². The second-order valence-electron chi connectivity index (χ2n) is 2.78. The van der Waals surface area contributed by atoms with E-state index in [4.69, 9.17) is 0 Å². The van der Waals surface area contributed by atoms with Gasteiger partial charge < -0.3 is 34.7 Å². The Morgan fingerprint density at radius 3 is 1.88 bits per heavy atom. The predicted molar refractivity (Wildman–Crippen MR) is 76.8 cm³/mol. The topological polar surface area (TPSA) is 15.8 Å². The molecule has 0 fully saturated rings. The van der Waals surface area contributed by atoms with Crippen molar-refractivity contribution in [2.75, 3.05) is 0 Å². The number of H-pyrrole nitrogens is 1. The van der Waals surface area contributed by atoms with Crippen molar-refractivity contribution in [1.82, 2.24) is 4.98 Å². The first-order valence-electron chi connectivity index (χ1n) is 3.98. The van der Waals surface area contributed by atoms with Crippen LogP contribution in [0, 0.1) is 49.8 Å². The Kier molecular flexibility index (Phi) is 31.0. The van der Waals surface area contributed by atoms with Crippen molar-refractivity contribution in [3.8, 4) is 0 Å².